The van der Waals surface area contributed by atoms with Crippen molar-refractivity contribution in [3.8, 4) is 0 Å². The van der Waals surface area contributed by atoms with Crippen LogP contribution in [0.4, 0.5) is 0 Å². The molecule has 0 bridgehead atoms. The van der Waals surface area contributed by atoms with Crippen molar-refractivity contribution in [2.75, 3.05) is 19.3 Å². The second-order valence-electron chi connectivity index (χ2n) is 5.65. The molecule has 2 rings (SSSR count). The molecular formula is C14H22N2O3S2. The Bertz CT molecular complexity index is 622. The maximum atomic E-state index is 12.6. The summed E-state index contributed by atoms with van der Waals surface area (Å²) in [4.78, 5) is 16.0. The fourth-order valence-electron chi connectivity index (χ4n) is 2.71. The molecule has 0 saturated carbocycles. The molecule has 1 saturated heterocycles. The van der Waals surface area contributed by atoms with Crippen LogP contribution < -0.4 is 5.73 Å². The molecule has 1 aliphatic rings. The number of nitrogens with two attached hydrogens (primary N) is 1. The molecule has 1 aliphatic heterocycles. The zero-order valence-corrected chi connectivity index (χ0v) is 14.1. The summed E-state index contributed by atoms with van der Waals surface area (Å²) >= 11 is 1.37. The minimum absolute atomic E-state index is 0.0110. The van der Waals surface area contributed by atoms with Gasteiger partial charge in [0.2, 0.25) is 0 Å². The molecule has 0 aliphatic carbocycles. The summed E-state index contributed by atoms with van der Waals surface area (Å²) in [5.74, 6) is -0.0267. The van der Waals surface area contributed by atoms with E-state index in [2.05, 4.69) is 0 Å². The van der Waals surface area contributed by atoms with E-state index in [0.717, 1.165) is 36.2 Å². The van der Waals surface area contributed by atoms with E-state index < -0.39 is 9.84 Å². The van der Waals surface area contributed by atoms with Gasteiger partial charge in [0, 0.05) is 30.3 Å². The average molecular weight is 330 g/mol. The highest BCUT2D eigenvalue weighted by atomic mass is 32.2. The smallest absolute Gasteiger partial charge is 0.264 e. The van der Waals surface area contributed by atoms with Crippen LogP contribution in [0.25, 0.3) is 0 Å². The number of hydrogen-bond donors (Lipinski definition) is 1. The molecular weight excluding hydrogens is 308 g/mol. The van der Waals surface area contributed by atoms with Crippen molar-refractivity contribution in [1.82, 2.24) is 4.90 Å². The lowest BCUT2D eigenvalue weighted by Crippen LogP contribution is -2.47. The van der Waals surface area contributed by atoms with Crippen LogP contribution in [0.5, 0.6) is 0 Å². The lowest BCUT2D eigenvalue weighted by atomic mass is 10.0. The molecule has 0 aromatic carbocycles. The highest BCUT2D eigenvalue weighted by Gasteiger charge is 2.28. The average Bonchev–Trinajstić information content (AvgIpc) is 2.77. The van der Waals surface area contributed by atoms with Crippen LogP contribution in [0.1, 0.15) is 39.4 Å². The molecule has 1 amide bonds. The highest BCUT2D eigenvalue weighted by Crippen LogP contribution is 2.27. The topological polar surface area (TPSA) is 80.5 Å². The van der Waals surface area contributed by atoms with Gasteiger partial charge in [-0.2, -0.15) is 0 Å². The molecule has 1 fully saturated rings. The number of carbonyl (C=O) groups excluding carboxylic acids is 1. The normalized spacial score (nSPS) is 19.8. The monoisotopic (exact) mass is 330 g/mol. The molecule has 5 nitrogen and oxygen atoms in total. The quantitative estimate of drug-likeness (QED) is 0.908. The first kappa shape index (κ1) is 16.5. The van der Waals surface area contributed by atoms with E-state index in [9.17, 15) is 13.2 Å². The summed E-state index contributed by atoms with van der Waals surface area (Å²) < 4.78 is 22.8. The molecule has 21 heavy (non-hydrogen) atoms. The van der Waals surface area contributed by atoms with Gasteiger partial charge in [-0.25, -0.2) is 8.42 Å². The molecule has 1 aromatic rings. The largest absolute Gasteiger partial charge is 0.334 e. The fourth-order valence-corrected chi connectivity index (χ4v) is 4.66. The molecule has 2 heterocycles. The predicted octanol–water partition coefficient (Wildman–Crippen LogP) is 1.55. The first-order valence-electron chi connectivity index (χ1n) is 7.10. The number of sulfone groups is 1. The van der Waals surface area contributed by atoms with Crippen molar-refractivity contribution in [1.29, 1.82) is 0 Å². The second-order valence-corrected chi connectivity index (χ2v) is 9.04. The van der Waals surface area contributed by atoms with Gasteiger partial charge < -0.3 is 10.6 Å². The Morgan fingerprint density at radius 1 is 1.48 bits per heavy atom. The number of carbonyl (C=O) groups is 1. The molecule has 7 heteroatoms. The standard InChI is InChI=1S/C14H22N2O3S2/c1-10-11(9-21(2,18)19)7-13(20-10)14(17)16-6-4-3-5-12(16)8-15/h7,12H,3-6,8-9,15H2,1-2H3/t12-/m1/s1. The molecule has 1 atom stereocenters. The number of aryl methyl sites for hydroxylation is 1. The zero-order valence-electron chi connectivity index (χ0n) is 12.5. The minimum atomic E-state index is -3.09. The number of thiophene rings is 1. The van der Waals surface area contributed by atoms with E-state index in [1.807, 2.05) is 11.8 Å². The first-order chi connectivity index (χ1) is 9.81. The summed E-state index contributed by atoms with van der Waals surface area (Å²) in [7, 11) is -3.09. The summed E-state index contributed by atoms with van der Waals surface area (Å²) in [6.45, 7) is 3.07. The number of rotatable bonds is 4. The molecule has 0 unspecified atom stereocenters. The van der Waals surface area contributed by atoms with Crippen molar-refractivity contribution in [2.24, 2.45) is 5.73 Å². The van der Waals surface area contributed by atoms with E-state index in [4.69, 9.17) is 5.73 Å². The molecule has 0 radical (unpaired) electrons. The third-order valence-corrected chi connectivity index (χ3v) is 5.73. The molecule has 1 aromatic heterocycles. The lowest BCUT2D eigenvalue weighted by Gasteiger charge is -2.34. The van der Waals surface area contributed by atoms with Crippen LogP contribution in [-0.2, 0) is 15.6 Å². The summed E-state index contributed by atoms with van der Waals surface area (Å²) in [6, 6.07) is 1.83. The van der Waals surface area contributed by atoms with Gasteiger partial charge in [0.15, 0.2) is 9.84 Å². The number of piperidine rings is 1. The van der Waals surface area contributed by atoms with Crippen molar-refractivity contribution < 1.29 is 13.2 Å². The maximum Gasteiger partial charge on any atom is 0.264 e. The fraction of sp³-hybridized carbons (Fsp3) is 0.643. The Morgan fingerprint density at radius 2 is 2.19 bits per heavy atom. The number of hydrogen-bond acceptors (Lipinski definition) is 5. The molecule has 2 N–H and O–H groups in total. The van der Waals surface area contributed by atoms with Crippen LogP contribution in [-0.4, -0.2) is 44.6 Å². The number of amides is 1. The van der Waals surface area contributed by atoms with Crippen LogP contribution >= 0.6 is 11.3 Å². The van der Waals surface area contributed by atoms with E-state index in [1.165, 1.54) is 17.6 Å². The third kappa shape index (κ3) is 4.05. The van der Waals surface area contributed by atoms with Crippen molar-refractivity contribution in [3.63, 3.8) is 0 Å². The van der Waals surface area contributed by atoms with Gasteiger partial charge >= 0.3 is 0 Å². The summed E-state index contributed by atoms with van der Waals surface area (Å²) in [5, 5.41) is 0. The number of likely N-dealkylation sites (tertiary alicyclic amines) is 1. The van der Waals surface area contributed by atoms with Gasteiger partial charge in [-0.15, -0.1) is 11.3 Å². The van der Waals surface area contributed by atoms with Gasteiger partial charge in [-0.05, 0) is 37.8 Å². The Morgan fingerprint density at radius 3 is 2.81 bits per heavy atom. The first-order valence-corrected chi connectivity index (χ1v) is 9.97. The van der Waals surface area contributed by atoms with Crippen molar-refractivity contribution >= 4 is 27.1 Å². The minimum Gasteiger partial charge on any atom is -0.334 e. The SMILES string of the molecule is Cc1sc(C(=O)N2CCCC[C@@H]2CN)cc1CS(C)(=O)=O. The molecule has 118 valence electrons. The maximum absolute atomic E-state index is 12.6. The van der Waals surface area contributed by atoms with E-state index in [0.29, 0.717) is 11.4 Å². The third-order valence-electron chi connectivity index (χ3n) is 3.81. The van der Waals surface area contributed by atoms with Gasteiger partial charge in [0.1, 0.15) is 0 Å². The van der Waals surface area contributed by atoms with E-state index >= 15 is 0 Å². The van der Waals surface area contributed by atoms with Gasteiger partial charge in [0.05, 0.1) is 10.6 Å². The van der Waals surface area contributed by atoms with Crippen LogP contribution in [0.2, 0.25) is 0 Å². The van der Waals surface area contributed by atoms with E-state index in [-0.39, 0.29) is 17.7 Å². The van der Waals surface area contributed by atoms with Gasteiger partial charge in [-0.1, -0.05) is 0 Å². The Kier molecular flexibility index (Phi) is 5.06. The lowest BCUT2D eigenvalue weighted by molar-refractivity contribution is 0.0628. The van der Waals surface area contributed by atoms with Crippen LogP contribution in [0.15, 0.2) is 6.07 Å². The van der Waals surface area contributed by atoms with Gasteiger partial charge in [0.25, 0.3) is 5.91 Å². The molecule has 0 spiro atoms. The predicted molar refractivity (Wildman–Crippen MR) is 85.3 cm³/mol. The summed E-state index contributed by atoms with van der Waals surface area (Å²) in [5.41, 5.74) is 6.49. The van der Waals surface area contributed by atoms with E-state index in [1.54, 1.807) is 6.07 Å². The second kappa shape index (κ2) is 6.46. The van der Waals surface area contributed by atoms with Gasteiger partial charge in [-0.3, -0.25) is 4.79 Å². The summed E-state index contributed by atoms with van der Waals surface area (Å²) in [6.07, 6.45) is 4.26. The van der Waals surface area contributed by atoms with Crippen molar-refractivity contribution in [3.05, 3.63) is 21.4 Å². The Balaban J connectivity index is 2.21. The van der Waals surface area contributed by atoms with Crippen LogP contribution in [0, 0.1) is 6.92 Å². The Labute approximate surface area is 130 Å². The van der Waals surface area contributed by atoms with Crippen LogP contribution in [0.3, 0.4) is 0 Å². The Hall–Kier alpha value is -0.920. The highest BCUT2D eigenvalue weighted by molar-refractivity contribution is 7.89. The number of nitrogens with zero attached hydrogens (tertiary/aromatic N) is 1. The van der Waals surface area contributed by atoms with Crippen molar-refractivity contribution in [2.45, 2.75) is 38.0 Å². The zero-order chi connectivity index (χ0) is 15.6.